The molecular formula is C17H16Cl2N2O2. The summed E-state index contributed by atoms with van der Waals surface area (Å²) >= 11 is 12.0. The molecule has 0 amide bonds. The quantitative estimate of drug-likeness (QED) is 0.612. The third-order valence-corrected chi connectivity index (χ3v) is 5.00. The molecule has 0 radical (unpaired) electrons. The summed E-state index contributed by atoms with van der Waals surface area (Å²) in [5.41, 5.74) is 2.03. The van der Waals surface area contributed by atoms with Gasteiger partial charge in [0.15, 0.2) is 0 Å². The van der Waals surface area contributed by atoms with Gasteiger partial charge in [-0.3, -0.25) is 15.0 Å². The molecule has 1 saturated heterocycles. The van der Waals surface area contributed by atoms with Crippen molar-refractivity contribution in [2.45, 2.75) is 18.5 Å². The fourth-order valence-electron chi connectivity index (χ4n) is 3.12. The Morgan fingerprint density at radius 3 is 2.48 bits per heavy atom. The Labute approximate surface area is 144 Å². The van der Waals surface area contributed by atoms with E-state index in [-0.39, 0.29) is 10.8 Å². The molecule has 0 aromatic heterocycles. The molecule has 1 fully saturated rings. The molecule has 2 aromatic rings. The average Bonchev–Trinajstić information content (AvgIpc) is 2.95. The van der Waals surface area contributed by atoms with Crippen molar-refractivity contribution in [2.24, 2.45) is 0 Å². The van der Waals surface area contributed by atoms with E-state index in [1.165, 1.54) is 0 Å². The number of halogens is 2. The Bertz CT molecular complexity index is 709. The van der Waals surface area contributed by atoms with E-state index in [1.54, 1.807) is 12.1 Å². The van der Waals surface area contributed by atoms with E-state index >= 15 is 0 Å². The fourth-order valence-corrected chi connectivity index (χ4v) is 3.43. The van der Waals surface area contributed by atoms with Crippen LogP contribution in [0.2, 0.25) is 10.0 Å². The third kappa shape index (κ3) is 3.66. The number of benzene rings is 2. The first-order chi connectivity index (χ1) is 11.0. The molecule has 2 atom stereocenters. The molecule has 0 N–H and O–H groups in total. The van der Waals surface area contributed by atoms with Crippen LogP contribution in [-0.2, 0) is 6.54 Å². The number of hydrogen-bond acceptors (Lipinski definition) is 3. The maximum Gasteiger partial charge on any atom is 0.233 e. The lowest BCUT2D eigenvalue weighted by atomic mass is 9.95. The Kier molecular flexibility index (Phi) is 4.85. The predicted octanol–water partition coefficient (Wildman–Crippen LogP) is 4.24. The molecule has 0 saturated carbocycles. The summed E-state index contributed by atoms with van der Waals surface area (Å²) in [6.07, 6.45) is 0. The van der Waals surface area contributed by atoms with Crippen LogP contribution in [0.5, 0.6) is 0 Å². The molecule has 2 aromatic carbocycles. The highest BCUT2D eigenvalue weighted by Crippen LogP contribution is 2.33. The molecule has 1 heterocycles. The molecule has 23 heavy (non-hydrogen) atoms. The van der Waals surface area contributed by atoms with E-state index < -0.39 is 6.04 Å². The highest BCUT2D eigenvalue weighted by Gasteiger charge is 2.41. The second-order valence-electron chi connectivity index (χ2n) is 5.81. The summed E-state index contributed by atoms with van der Waals surface area (Å²) in [7, 11) is 0. The van der Waals surface area contributed by atoms with Crippen molar-refractivity contribution in [1.29, 1.82) is 0 Å². The standard InChI is InChI=1S/C17H16Cl2N2O2/c18-15-7-6-13(8-16(15)19)14-10-20(11-17(14)21(22)23)9-12-4-2-1-3-5-12/h1-8,14,17H,9-11H2. The second kappa shape index (κ2) is 6.87. The third-order valence-electron chi connectivity index (χ3n) is 4.26. The first kappa shape index (κ1) is 16.2. The van der Waals surface area contributed by atoms with E-state index in [0.717, 1.165) is 11.1 Å². The van der Waals surface area contributed by atoms with Gasteiger partial charge in [-0.15, -0.1) is 0 Å². The molecule has 120 valence electrons. The van der Waals surface area contributed by atoms with Crippen molar-refractivity contribution in [3.63, 3.8) is 0 Å². The van der Waals surface area contributed by atoms with Gasteiger partial charge in [0, 0.05) is 18.0 Å². The smallest absolute Gasteiger partial charge is 0.233 e. The lowest BCUT2D eigenvalue weighted by Crippen LogP contribution is -2.28. The van der Waals surface area contributed by atoms with Gasteiger partial charge in [-0.1, -0.05) is 59.6 Å². The van der Waals surface area contributed by atoms with Crippen LogP contribution < -0.4 is 0 Å². The molecule has 1 aliphatic rings. The minimum absolute atomic E-state index is 0.177. The topological polar surface area (TPSA) is 46.4 Å². The summed E-state index contributed by atoms with van der Waals surface area (Å²) in [6, 6.07) is 14.7. The molecule has 0 bridgehead atoms. The van der Waals surface area contributed by atoms with Crippen LogP contribution >= 0.6 is 23.2 Å². The molecule has 4 nitrogen and oxygen atoms in total. The van der Waals surface area contributed by atoms with Crippen molar-refractivity contribution in [3.05, 3.63) is 79.8 Å². The SMILES string of the molecule is O=[N+]([O-])C1CN(Cc2ccccc2)CC1c1ccc(Cl)c(Cl)c1. The highest BCUT2D eigenvalue weighted by atomic mass is 35.5. The van der Waals surface area contributed by atoms with Crippen LogP contribution in [0, 0.1) is 10.1 Å². The number of nitrogens with zero attached hydrogens (tertiary/aromatic N) is 2. The van der Waals surface area contributed by atoms with Gasteiger partial charge in [-0.25, -0.2) is 0 Å². The van der Waals surface area contributed by atoms with Gasteiger partial charge in [-0.2, -0.15) is 0 Å². The second-order valence-corrected chi connectivity index (χ2v) is 6.63. The molecule has 0 spiro atoms. The van der Waals surface area contributed by atoms with Crippen molar-refractivity contribution in [2.75, 3.05) is 13.1 Å². The molecule has 2 unspecified atom stereocenters. The van der Waals surface area contributed by atoms with E-state index in [1.807, 2.05) is 36.4 Å². The van der Waals surface area contributed by atoms with Crippen LogP contribution in [0.15, 0.2) is 48.5 Å². The van der Waals surface area contributed by atoms with E-state index in [9.17, 15) is 10.1 Å². The molecular weight excluding hydrogens is 335 g/mol. The fraction of sp³-hybridized carbons (Fsp3) is 0.294. The monoisotopic (exact) mass is 350 g/mol. The Morgan fingerprint density at radius 2 is 1.83 bits per heavy atom. The lowest BCUT2D eigenvalue weighted by Gasteiger charge is -2.15. The van der Waals surface area contributed by atoms with E-state index in [4.69, 9.17) is 23.2 Å². The maximum atomic E-state index is 11.5. The van der Waals surface area contributed by atoms with E-state index in [2.05, 4.69) is 4.90 Å². The first-order valence-electron chi connectivity index (χ1n) is 7.39. The molecule has 6 heteroatoms. The van der Waals surface area contributed by atoms with Gasteiger partial charge in [0.1, 0.15) is 0 Å². The van der Waals surface area contributed by atoms with Crippen LogP contribution in [0.4, 0.5) is 0 Å². The molecule has 1 aliphatic heterocycles. The maximum absolute atomic E-state index is 11.5. The Balaban J connectivity index is 1.81. The van der Waals surface area contributed by atoms with Crippen LogP contribution in [0.25, 0.3) is 0 Å². The first-order valence-corrected chi connectivity index (χ1v) is 8.15. The summed E-state index contributed by atoms with van der Waals surface area (Å²) < 4.78 is 0. The van der Waals surface area contributed by atoms with Gasteiger partial charge in [-0.05, 0) is 23.3 Å². The van der Waals surface area contributed by atoms with E-state index in [0.29, 0.717) is 29.7 Å². The number of hydrogen-bond donors (Lipinski definition) is 0. The minimum Gasteiger partial charge on any atom is -0.292 e. The van der Waals surface area contributed by atoms with Crippen molar-refractivity contribution in [3.8, 4) is 0 Å². The summed E-state index contributed by atoms with van der Waals surface area (Å²) in [5.74, 6) is -0.177. The van der Waals surface area contributed by atoms with Crippen molar-refractivity contribution < 1.29 is 4.92 Å². The van der Waals surface area contributed by atoms with Gasteiger partial charge >= 0.3 is 0 Å². The Morgan fingerprint density at radius 1 is 1.09 bits per heavy atom. The zero-order chi connectivity index (χ0) is 16.4. The zero-order valence-electron chi connectivity index (χ0n) is 12.4. The lowest BCUT2D eigenvalue weighted by molar-refractivity contribution is -0.521. The number of likely N-dealkylation sites (tertiary alicyclic amines) is 1. The normalized spacial score (nSPS) is 21.5. The van der Waals surface area contributed by atoms with Crippen molar-refractivity contribution in [1.82, 2.24) is 4.90 Å². The predicted molar refractivity (Wildman–Crippen MR) is 91.7 cm³/mol. The minimum atomic E-state index is -0.629. The molecule has 0 aliphatic carbocycles. The van der Waals surface area contributed by atoms with Crippen LogP contribution in [0.1, 0.15) is 17.0 Å². The van der Waals surface area contributed by atoms with Gasteiger partial charge in [0.05, 0.1) is 22.5 Å². The highest BCUT2D eigenvalue weighted by molar-refractivity contribution is 6.42. The van der Waals surface area contributed by atoms with Crippen LogP contribution in [-0.4, -0.2) is 29.0 Å². The summed E-state index contributed by atoms with van der Waals surface area (Å²) in [4.78, 5) is 13.4. The summed E-state index contributed by atoms with van der Waals surface area (Å²) in [5, 5.41) is 12.4. The van der Waals surface area contributed by atoms with Gasteiger partial charge in [0.25, 0.3) is 0 Å². The Hall–Kier alpha value is -1.62. The summed E-state index contributed by atoms with van der Waals surface area (Å²) in [6.45, 7) is 1.79. The number of rotatable bonds is 4. The zero-order valence-corrected chi connectivity index (χ0v) is 13.9. The van der Waals surface area contributed by atoms with Gasteiger partial charge < -0.3 is 0 Å². The average molecular weight is 351 g/mol. The van der Waals surface area contributed by atoms with Crippen molar-refractivity contribution >= 4 is 23.2 Å². The van der Waals surface area contributed by atoms with Gasteiger partial charge in [0.2, 0.25) is 6.04 Å². The largest absolute Gasteiger partial charge is 0.292 e. The number of nitro groups is 1. The molecule has 3 rings (SSSR count). The van der Waals surface area contributed by atoms with Crippen LogP contribution in [0.3, 0.4) is 0 Å².